The Hall–Kier alpha value is -1.94. The summed E-state index contributed by atoms with van der Waals surface area (Å²) in [7, 11) is 0. The van der Waals surface area contributed by atoms with E-state index < -0.39 is 0 Å². The molecule has 2 aromatic rings. The van der Waals surface area contributed by atoms with Crippen molar-refractivity contribution in [2.75, 3.05) is 13.1 Å². The lowest BCUT2D eigenvalue weighted by Crippen LogP contribution is -2.45. The number of rotatable bonds is 3. The summed E-state index contributed by atoms with van der Waals surface area (Å²) < 4.78 is 0. The van der Waals surface area contributed by atoms with Gasteiger partial charge in [0.25, 0.3) is 5.91 Å². The molecule has 1 aliphatic heterocycles. The largest absolute Gasteiger partial charge is 0.285 e. The summed E-state index contributed by atoms with van der Waals surface area (Å²) in [6.07, 6.45) is 5.96. The molecule has 1 saturated heterocycles. The van der Waals surface area contributed by atoms with E-state index in [0.29, 0.717) is 5.92 Å². The molecule has 2 fully saturated rings. The molecule has 114 valence electrons. The number of amides is 1. The number of hydrogen-bond donors (Lipinski definition) is 1. The standard InChI is InChI=1S/C18H21N3O/c22-18(20-21-10-4-1-5-11-21)15-12-17(13-8-9-13)19-16-7-3-2-6-14(15)16/h2-3,6-7,12-13H,1,4-5,8-11H2,(H,20,22). The quantitative estimate of drug-likeness (QED) is 0.945. The molecule has 22 heavy (non-hydrogen) atoms. The van der Waals surface area contributed by atoms with E-state index in [2.05, 4.69) is 10.4 Å². The van der Waals surface area contributed by atoms with Crippen LogP contribution < -0.4 is 5.43 Å². The number of nitrogens with one attached hydrogen (secondary N) is 1. The Morgan fingerprint density at radius 2 is 1.91 bits per heavy atom. The Morgan fingerprint density at radius 3 is 2.68 bits per heavy atom. The van der Waals surface area contributed by atoms with Gasteiger partial charge in [-0.05, 0) is 37.8 Å². The lowest BCUT2D eigenvalue weighted by molar-refractivity contribution is 0.0751. The van der Waals surface area contributed by atoms with Crippen molar-refractivity contribution >= 4 is 16.8 Å². The number of carbonyl (C=O) groups is 1. The number of aromatic nitrogens is 1. The molecular weight excluding hydrogens is 274 g/mol. The normalized spacial score (nSPS) is 19.3. The Labute approximate surface area is 130 Å². The van der Waals surface area contributed by atoms with Crippen LogP contribution in [0.3, 0.4) is 0 Å². The average Bonchev–Trinajstić information content (AvgIpc) is 3.39. The number of hydrogen-bond acceptors (Lipinski definition) is 3. The number of hydrazine groups is 1. The van der Waals surface area contributed by atoms with Gasteiger partial charge in [-0.25, -0.2) is 5.01 Å². The number of carbonyl (C=O) groups excluding carboxylic acids is 1. The van der Waals surface area contributed by atoms with E-state index in [9.17, 15) is 4.79 Å². The highest BCUT2D eigenvalue weighted by Gasteiger charge is 2.27. The van der Waals surface area contributed by atoms with E-state index in [0.717, 1.165) is 48.1 Å². The molecule has 1 amide bonds. The summed E-state index contributed by atoms with van der Waals surface area (Å²) >= 11 is 0. The van der Waals surface area contributed by atoms with E-state index >= 15 is 0 Å². The summed E-state index contributed by atoms with van der Waals surface area (Å²) in [4.78, 5) is 17.5. The molecule has 1 aromatic carbocycles. The van der Waals surface area contributed by atoms with Gasteiger partial charge in [0, 0.05) is 30.1 Å². The molecule has 0 bridgehead atoms. The third-order valence-electron chi connectivity index (χ3n) is 4.59. The molecule has 4 rings (SSSR count). The average molecular weight is 295 g/mol. The first kappa shape index (κ1) is 13.7. The van der Waals surface area contributed by atoms with Crippen LogP contribution in [-0.2, 0) is 0 Å². The van der Waals surface area contributed by atoms with Crippen LogP contribution in [0.2, 0.25) is 0 Å². The fourth-order valence-corrected chi connectivity index (χ4v) is 3.18. The van der Waals surface area contributed by atoms with E-state index in [1.807, 2.05) is 30.3 Å². The Kier molecular flexibility index (Phi) is 3.54. The zero-order valence-corrected chi connectivity index (χ0v) is 12.7. The monoisotopic (exact) mass is 295 g/mol. The number of pyridine rings is 1. The molecule has 1 saturated carbocycles. The molecule has 1 aliphatic carbocycles. The highest BCUT2D eigenvalue weighted by Crippen LogP contribution is 2.40. The first-order valence-corrected chi connectivity index (χ1v) is 8.27. The minimum atomic E-state index is 0.00222. The van der Waals surface area contributed by atoms with Gasteiger partial charge in [0.1, 0.15) is 0 Å². The Morgan fingerprint density at radius 1 is 1.14 bits per heavy atom. The second-order valence-electron chi connectivity index (χ2n) is 6.37. The molecule has 0 spiro atoms. The molecule has 4 nitrogen and oxygen atoms in total. The molecule has 2 heterocycles. The Balaban J connectivity index is 1.67. The van der Waals surface area contributed by atoms with Gasteiger partial charge < -0.3 is 0 Å². The van der Waals surface area contributed by atoms with Crippen molar-refractivity contribution in [2.24, 2.45) is 0 Å². The van der Waals surface area contributed by atoms with Crippen LogP contribution in [-0.4, -0.2) is 29.0 Å². The van der Waals surface area contributed by atoms with E-state index in [1.54, 1.807) is 0 Å². The van der Waals surface area contributed by atoms with Crippen LogP contribution >= 0.6 is 0 Å². The summed E-state index contributed by atoms with van der Waals surface area (Å²) in [5.74, 6) is 0.550. The third kappa shape index (κ3) is 2.71. The third-order valence-corrected chi connectivity index (χ3v) is 4.59. The first-order valence-electron chi connectivity index (χ1n) is 8.27. The van der Waals surface area contributed by atoms with Crippen molar-refractivity contribution in [2.45, 2.75) is 38.0 Å². The SMILES string of the molecule is O=C(NN1CCCCC1)c1cc(C2CC2)nc2ccccc12. The summed E-state index contributed by atoms with van der Waals surface area (Å²) in [6.45, 7) is 1.90. The van der Waals surface area contributed by atoms with Crippen LogP contribution in [0.1, 0.15) is 54.1 Å². The summed E-state index contributed by atoms with van der Waals surface area (Å²) in [6, 6.07) is 9.94. The smallest absolute Gasteiger partial charge is 0.266 e. The van der Waals surface area contributed by atoms with Gasteiger partial charge in [0.05, 0.1) is 11.1 Å². The van der Waals surface area contributed by atoms with Crippen LogP contribution in [0.15, 0.2) is 30.3 Å². The van der Waals surface area contributed by atoms with Crippen molar-refractivity contribution in [3.63, 3.8) is 0 Å². The van der Waals surface area contributed by atoms with E-state index in [-0.39, 0.29) is 5.91 Å². The molecule has 1 N–H and O–H groups in total. The lowest BCUT2D eigenvalue weighted by atomic mass is 10.1. The zero-order chi connectivity index (χ0) is 14.9. The van der Waals surface area contributed by atoms with Crippen molar-refractivity contribution in [1.29, 1.82) is 0 Å². The number of para-hydroxylation sites is 1. The molecule has 0 unspecified atom stereocenters. The van der Waals surface area contributed by atoms with Crippen molar-refractivity contribution in [3.8, 4) is 0 Å². The van der Waals surface area contributed by atoms with Gasteiger partial charge in [0.15, 0.2) is 0 Å². The number of piperidine rings is 1. The number of nitrogens with zero attached hydrogens (tertiary/aromatic N) is 2. The van der Waals surface area contributed by atoms with Crippen molar-refractivity contribution in [3.05, 3.63) is 41.6 Å². The van der Waals surface area contributed by atoms with Gasteiger partial charge >= 0.3 is 0 Å². The first-order chi connectivity index (χ1) is 10.8. The highest BCUT2D eigenvalue weighted by molar-refractivity contribution is 6.06. The summed E-state index contributed by atoms with van der Waals surface area (Å²) in [5, 5.41) is 3.00. The van der Waals surface area contributed by atoms with Crippen LogP contribution in [0.5, 0.6) is 0 Å². The molecule has 4 heteroatoms. The minimum Gasteiger partial charge on any atom is -0.285 e. The van der Waals surface area contributed by atoms with Crippen molar-refractivity contribution < 1.29 is 4.79 Å². The number of fused-ring (bicyclic) bond motifs is 1. The van der Waals surface area contributed by atoms with Gasteiger partial charge in [0.2, 0.25) is 0 Å². The lowest BCUT2D eigenvalue weighted by Gasteiger charge is -2.27. The minimum absolute atomic E-state index is 0.00222. The van der Waals surface area contributed by atoms with Gasteiger partial charge in [-0.1, -0.05) is 24.6 Å². The van der Waals surface area contributed by atoms with Gasteiger partial charge in [-0.15, -0.1) is 0 Å². The van der Waals surface area contributed by atoms with Crippen LogP contribution in [0.25, 0.3) is 10.9 Å². The van der Waals surface area contributed by atoms with Gasteiger partial charge in [-0.2, -0.15) is 0 Å². The highest BCUT2D eigenvalue weighted by atomic mass is 16.2. The van der Waals surface area contributed by atoms with E-state index in [1.165, 1.54) is 19.3 Å². The second kappa shape index (κ2) is 5.69. The fourth-order valence-electron chi connectivity index (χ4n) is 3.18. The van der Waals surface area contributed by atoms with Crippen molar-refractivity contribution in [1.82, 2.24) is 15.4 Å². The zero-order valence-electron chi connectivity index (χ0n) is 12.7. The Bertz CT molecular complexity index is 703. The molecule has 2 aliphatic rings. The maximum atomic E-state index is 12.7. The predicted molar refractivity (Wildman–Crippen MR) is 86.6 cm³/mol. The second-order valence-corrected chi connectivity index (χ2v) is 6.37. The van der Waals surface area contributed by atoms with Crippen LogP contribution in [0, 0.1) is 0 Å². The summed E-state index contributed by atoms with van der Waals surface area (Å²) in [5.41, 5.74) is 5.84. The van der Waals surface area contributed by atoms with E-state index in [4.69, 9.17) is 4.98 Å². The maximum Gasteiger partial charge on any atom is 0.266 e. The maximum absolute atomic E-state index is 12.7. The number of benzene rings is 1. The fraction of sp³-hybridized carbons (Fsp3) is 0.444. The van der Waals surface area contributed by atoms with Gasteiger partial charge in [-0.3, -0.25) is 15.2 Å². The van der Waals surface area contributed by atoms with Crippen LogP contribution in [0.4, 0.5) is 0 Å². The molecule has 0 radical (unpaired) electrons. The topological polar surface area (TPSA) is 45.2 Å². The predicted octanol–water partition coefficient (Wildman–Crippen LogP) is 3.24. The molecule has 0 atom stereocenters. The molecular formula is C18H21N3O. The molecule has 1 aromatic heterocycles.